The number of nitriles is 1. The van der Waals surface area contributed by atoms with Gasteiger partial charge in [0.15, 0.2) is 0 Å². The molecule has 0 saturated heterocycles. The van der Waals surface area contributed by atoms with Crippen molar-refractivity contribution in [2.45, 2.75) is 59.3 Å². The van der Waals surface area contributed by atoms with Gasteiger partial charge in [-0.25, -0.2) is 0 Å². The molecule has 80 valence electrons. The third-order valence-electron chi connectivity index (χ3n) is 3.67. The van der Waals surface area contributed by atoms with E-state index < -0.39 is 0 Å². The molecule has 2 unspecified atom stereocenters. The SMILES string of the molecule is CC(C)(C)C1CCC(CCCC#N)C1. The van der Waals surface area contributed by atoms with Crippen LogP contribution in [-0.2, 0) is 0 Å². The number of rotatable bonds is 3. The van der Waals surface area contributed by atoms with Gasteiger partial charge in [0.1, 0.15) is 0 Å². The maximum atomic E-state index is 8.47. The lowest BCUT2D eigenvalue weighted by atomic mass is 9.79. The number of nitrogens with zero attached hydrogens (tertiary/aromatic N) is 1. The molecule has 0 aromatic rings. The van der Waals surface area contributed by atoms with Crippen molar-refractivity contribution in [3.05, 3.63) is 0 Å². The van der Waals surface area contributed by atoms with Crippen LogP contribution in [0.1, 0.15) is 59.3 Å². The van der Waals surface area contributed by atoms with Crippen molar-refractivity contribution in [3.63, 3.8) is 0 Å². The van der Waals surface area contributed by atoms with Crippen LogP contribution in [-0.4, -0.2) is 0 Å². The van der Waals surface area contributed by atoms with E-state index in [4.69, 9.17) is 5.26 Å². The largest absolute Gasteiger partial charge is 0.198 e. The third-order valence-corrected chi connectivity index (χ3v) is 3.67. The lowest BCUT2D eigenvalue weighted by Gasteiger charge is -2.26. The minimum absolute atomic E-state index is 0.490. The van der Waals surface area contributed by atoms with Crippen LogP contribution < -0.4 is 0 Å². The first kappa shape index (κ1) is 11.6. The van der Waals surface area contributed by atoms with Crippen molar-refractivity contribution >= 4 is 0 Å². The Hall–Kier alpha value is -0.510. The average Bonchev–Trinajstić information content (AvgIpc) is 2.52. The van der Waals surface area contributed by atoms with E-state index >= 15 is 0 Å². The molecule has 0 aromatic carbocycles. The normalized spacial score (nSPS) is 27.6. The van der Waals surface area contributed by atoms with Crippen LogP contribution in [0.5, 0.6) is 0 Å². The number of hydrogen-bond acceptors (Lipinski definition) is 1. The van der Waals surface area contributed by atoms with Crippen LogP contribution >= 0.6 is 0 Å². The molecule has 0 aromatic heterocycles. The van der Waals surface area contributed by atoms with Crippen molar-refractivity contribution in [2.24, 2.45) is 17.3 Å². The third kappa shape index (κ3) is 3.33. The molecule has 2 atom stereocenters. The van der Waals surface area contributed by atoms with E-state index in [-0.39, 0.29) is 0 Å². The predicted octanol–water partition coefficient (Wildman–Crippen LogP) is 4.14. The van der Waals surface area contributed by atoms with Gasteiger partial charge in [0.25, 0.3) is 0 Å². The zero-order valence-corrected chi connectivity index (χ0v) is 9.84. The molecular weight excluding hydrogens is 170 g/mol. The van der Waals surface area contributed by atoms with E-state index in [2.05, 4.69) is 26.8 Å². The average molecular weight is 193 g/mol. The van der Waals surface area contributed by atoms with Crippen molar-refractivity contribution in [3.8, 4) is 6.07 Å². The zero-order valence-electron chi connectivity index (χ0n) is 9.84. The summed E-state index contributed by atoms with van der Waals surface area (Å²) in [6.07, 6.45) is 7.33. The second-order valence-corrected chi connectivity index (χ2v) is 5.79. The summed E-state index contributed by atoms with van der Waals surface area (Å²) in [5.74, 6) is 1.82. The summed E-state index contributed by atoms with van der Waals surface area (Å²) in [5, 5.41) is 8.47. The number of hydrogen-bond donors (Lipinski definition) is 0. The highest BCUT2D eigenvalue weighted by molar-refractivity contribution is 4.83. The van der Waals surface area contributed by atoms with Gasteiger partial charge in [-0.15, -0.1) is 0 Å². The summed E-state index contributed by atoms with van der Waals surface area (Å²) in [4.78, 5) is 0. The highest BCUT2D eigenvalue weighted by atomic mass is 14.4. The molecule has 0 heterocycles. The molecule has 0 radical (unpaired) electrons. The molecule has 1 nitrogen and oxygen atoms in total. The molecule has 0 N–H and O–H groups in total. The topological polar surface area (TPSA) is 23.8 Å². The van der Waals surface area contributed by atoms with E-state index in [0.717, 1.165) is 24.7 Å². The predicted molar refractivity (Wildman–Crippen MR) is 59.8 cm³/mol. The van der Waals surface area contributed by atoms with Gasteiger partial charge >= 0.3 is 0 Å². The Morgan fingerprint density at radius 3 is 2.50 bits per heavy atom. The smallest absolute Gasteiger partial charge is 0.0621 e. The first-order valence-electron chi connectivity index (χ1n) is 5.91. The summed E-state index contributed by atoms with van der Waals surface area (Å²) >= 11 is 0. The molecule has 1 saturated carbocycles. The molecule has 1 fully saturated rings. The van der Waals surface area contributed by atoms with E-state index in [1.165, 1.54) is 25.7 Å². The Morgan fingerprint density at radius 2 is 2.00 bits per heavy atom. The van der Waals surface area contributed by atoms with Gasteiger partial charge in [-0.05, 0) is 42.9 Å². The standard InChI is InChI=1S/C13H23N/c1-13(2,3)12-8-7-11(10-12)6-4-5-9-14/h11-12H,4-8,10H2,1-3H3. The van der Waals surface area contributed by atoms with Crippen LogP contribution in [0.3, 0.4) is 0 Å². The molecule has 1 rings (SSSR count). The highest BCUT2D eigenvalue weighted by Crippen LogP contribution is 2.43. The van der Waals surface area contributed by atoms with Crippen LogP contribution in [0.25, 0.3) is 0 Å². The quantitative estimate of drug-likeness (QED) is 0.618. The molecule has 0 bridgehead atoms. The van der Waals surface area contributed by atoms with Crippen molar-refractivity contribution in [2.75, 3.05) is 0 Å². The lowest BCUT2D eigenvalue weighted by Crippen LogP contribution is -2.17. The maximum Gasteiger partial charge on any atom is 0.0621 e. The summed E-state index contributed by atoms with van der Waals surface area (Å²) in [6, 6.07) is 2.23. The molecule has 1 aliphatic carbocycles. The minimum Gasteiger partial charge on any atom is -0.198 e. The fourth-order valence-corrected chi connectivity index (χ4v) is 2.59. The second-order valence-electron chi connectivity index (χ2n) is 5.79. The van der Waals surface area contributed by atoms with Gasteiger partial charge in [-0.3, -0.25) is 0 Å². The Labute approximate surface area is 88.5 Å². The molecule has 1 aliphatic rings. The van der Waals surface area contributed by atoms with Gasteiger partial charge in [0, 0.05) is 6.42 Å². The van der Waals surface area contributed by atoms with Crippen LogP contribution in [0, 0.1) is 28.6 Å². The van der Waals surface area contributed by atoms with Crippen molar-refractivity contribution in [1.29, 1.82) is 5.26 Å². The molecule has 0 aliphatic heterocycles. The Bertz CT molecular complexity index is 206. The van der Waals surface area contributed by atoms with Crippen LogP contribution in [0.15, 0.2) is 0 Å². The minimum atomic E-state index is 0.490. The van der Waals surface area contributed by atoms with Gasteiger partial charge in [0.2, 0.25) is 0 Å². The first-order valence-corrected chi connectivity index (χ1v) is 5.91. The van der Waals surface area contributed by atoms with Crippen LogP contribution in [0.2, 0.25) is 0 Å². The van der Waals surface area contributed by atoms with Gasteiger partial charge in [-0.1, -0.05) is 27.2 Å². The second kappa shape index (κ2) is 4.82. The molecule has 14 heavy (non-hydrogen) atoms. The monoisotopic (exact) mass is 193 g/mol. The zero-order chi connectivity index (χ0) is 10.6. The van der Waals surface area contributed by atoms with Crippen molar-refractivity contribution in [1.82, 2.24) is 0 Å². The maximum absolute atomic E-state index is 8.47. The summed E-state index contributed by atoms with van der Waals surface area (Å²) < 4.78 is 0. The summed E-state index contributed by atoms with van der Waals surface area (Å²) in [5.41, 5.74) is 0.490. The van der Waals surface area contributed by atoms with Gasteiger partial charge < -0.3 is 0 Å². The lowest BCUT2D eigenvalue weighted by molar-refractivity contribution is 0.237. The highest BCUT2D eigenvalue weighted by Gasteiger charge is 2.32. The molecular formula is C13H23N. The van der Waals surface area contributed by atoms with E-state index in [9.17, 15) is 0 Å². The van der Waals surface area contributed by atoms with E-state index in [0.29, 0.717) is 5.41 Å². The molecule has 1 heteroatoms. The molecule has 0 amide bonds. The molecule has 0 spiro atoms. The summed E-state index contributed by atoms with van der Waals surface area (Å²) in [7, 11) is 0. The fraction of sp³-hybridized carbons (Fsp3) is 0.923. The Balaban J connectivity index is 2.25. The van der Waals surface area contributed by atoms with Gasteiger partial charge in [0.05, 0.1) is 6.07 Å². The van der Waals surface area contributed by atoms with Crippen LogP contribution in [0.4, 0.5) is 0 Å². The van der Waals surface area contributed by atoms with Crippen molar-refractivity contribution < 1.29 is 0 Å². The fourth-order valence-electron chi connectivity index (χ4n) is 2.59. The number of unbranched alkanes of at least 4 members (excludes halogenated alkanes) is 1. The van der Waals surface area contributed by atoms with E-state index in [1.54, 1.807) is 0 Å². The Morgan fingerprint density at radius 1 is 1.29 bits per heavy atom. The van der Waals surface area contributed by atoms with E-state index in [1.807, 2.05) is 0 Å². The first-order chi connectivity index (χ1) is 6.54. The Kier molecular flexibility index (Phi) is 3.98. The van der Waals surface area contributed by atoms with Gasteiger partial charge in [-0.2, -0.15) is 5.26 Å². The summed E-state index contributed by atoms with van der Waals surface area (Å²) in [6.45, 7) is 7.07.